The Labute approximate surface area is 91.4 Å². The first-order valence-corrected chi connectivity index (χ1v) is 6.48. The van der Waals surface area contributed by atoms with Gasteiger partial charge in [0.15, 0.2) is 0 Å². The Kier molecular flexibility index (Phi) is 2.46. The van der Waals surface area contributed by atoms with Crippen molar-refractivity contribution in [2.24, 2.45) is 5.41 Å². The average Bonchev–Trinajstić information content (AvgIpc) is 2.74. The van der Waals surface area contributed by atoms with Gasteiger partial charge in [-0.2, -0.15) is 0 Å². The van der Waals surface area contributed by atoms with Crippen molar-refractivity contribution >= 4 is 11.3 Å². The van der Waals surface area contributed by atoms with Crippen LogP contribution >= 0.6 is 11.3 Å². The third kappa shape index (κ3) is 1.42. The van der Waals surface area contributed by atoms with Gasteiger partial charge in [-0.05, 0) is 29.7 Å². The molecule has 1 aliphatic carbocycles. The minimum absolute atomic E-state index is 0.411. The van der Waals surface area contributed by atoms with E-state index in [9.17, 15) is 0 Å². The van der Waals surface area contributed by atoms with Gasteiger partial charge in [-0.1, -0.05) is 39.7 Å². The molecule has 0 saturated heterocycles. The Morgan fingerprint density at radius 3 is 2.29 bits per heavy atom. The second kappa shape index (κ2) is 3.37. The van der Waals surface area contributed by atoms with Gasteiger partial charge >= 0.3 is 0 Å². The molecular weight excluding hydrogens is 188 g/mol. The zero-order valence-electron chi connectivity index (χ0n) is 9.47. The SMILES string of the molecule is CC(C)(C)C1(c2cccs2)CCCC1. The van der Waals surface area contributed by atoms with E-state index >= 15 is 0 Å². The van der Waals surface area contributed by atoms with Gasteiger partial charge < -0.3 is 0 Å². The van der Waals surface area contributed by atoms with Gasteiger partial charge in [0.2, 0.25) is 0 Å². The number of thiophene rings is 1. The van der Waals surface area contributed by atoms with Crippen LogP contribution in [0, 0.1) is 5.41 Å². The second-order valence-corrected chi connectivity index (χ2v) is 6.46. The molecule has 0 N–H and O–H groups in total. The van der Waals surface area contributed by atoms with Crippen LogP contribution in [0.15, 0.2) is 17.5 Å². The van der Waals surface area contributed by atoms with Crippen molar-refractivity contribution in [3.63, 3.8) is 0 Å². The fourth-order valence-corrected chi connectivity index (χ4v) is 4.09. The lowest BCUT2D eigenvalue weighted by atomic mass is 9.64. The summed E-state index contributed by atoms with van der Waals surface area (Å²) in [5.74, 6) is 0. The van der Waals surface area contributed by atoms with Crippen LogP contribution in [0.1, 0.15) is 51.3 Å². The molecule has 1 heterocycles. The highest BCUT2D eigenvalue weighted by molar-refractivity contribution is 7.10. The standard InChI is InChI=1S/C13H20S/c1-12(2,3)13(8-4-5-9-13)11-7-6-10-14-11/h6-7,10H,4-5,8-9H2,1-3H3. The Bertz CT molecular complexity index is 284. The first kappa shape index (κ1) is 10.2. The van der Waals surface area contributed by atoms with Gasteiger partial charge in [0.25, 0.3) is 0 Å². The molecule has 0 radical (unpaired) electrons. The summed E-state index contributed by atoms with van der Waals surface area (Å²) in [5, 5.41) is 2.22. The van der Waals surface area contributed by atoms with Crippen molar-refractivity contribution in [3.05, 3.63) is 22.4 Å². The van der Waals surface area contributed by atoms with Crippen molar-refractivity contribution in [1.29, 1.82) is 0 Å². The maximum atomic E-state index is 2.40. The van der Waals surface area contributed by atoms with Crippen LogP contribution in [0.5, 0.6) is 0 Å². The molecule has 14 heavy (non-hydrogen) atoms. The highest BCUT2D eigenvalue weighted by atomic mass is 32.1. The first-order valence-electron chi connectivity index (χ1n) is 5.60. The summed E-state index contributed by atoms with van der Waals surface area (Å²) < 4.78 is 0. The van der Waals surface area contributed by atoms with Crippen LogP contribution in [0.25, 0.3) is 0 Å². The molecule has 0 unspecified atom stereocenters. The Morgan fingerprint density at radius 1 is 1.21 bits per heavy atom. The molecule has 0 amide bonds. The summed E-state index contributed by atoms with van der Waals surface area (Å²) in [6.45, 7) is 7.20. The van der Waals surface area contributed by atoms with E-state index in [1.165, 1.54) is 25.7 Å². The van der Waals surface area contributed by atoms with Crippen molar-refractivity contribution in [3.8, 4) is 0 Å². The lowest BCUT2D eigenvalue weighted by Gasteiger charge is -2.41. The van der Waals surface area contributed by atoms with Gasteiger partial charge in [0, 0.05) is 10.3 Å². The van der Waals surface area contributed by atoms with Crippen LogP contribution in [0.2, 0.25) is 0 Å². The molecule has 1 saturated carbocycles. The average molecular weight is 208 g/mol. The van der Waals surface area contributed by atoms with E-state index in [4.69, 9.17) is 0 Å². The molecule has 2 rings (SSSR count). The van der Waals surface area contributed by atoms with E-state index in [0.29, 0.717) is 10.8 Å². The summed E-state index contributed by atoms with van der Waals surface area (Å²) >= 11 is 1.95. The monoisotopic (exact) mass is 208 g/mol. The number of hydrogen-bond acceptors (Lipinski definition) is 1. The van der Waals surface area contributed by atoms with Crippen LogP contribution < -0.4 is 0 Å². The molecule has 1 aliphatic rings. The molecule has 0 aliphatic heterocycles. The van der Waals surface area contributed by atoms with Gasteiger partial charge in [-0.15, -0.1) is 11.3 Å². The van der Waals surface area contributed by atoms with E-state index in [0.717, 1.165) is 0 Å². The molecule has 78 valence electrons. The molecule has 0 spiro atoms. The van der Waals surface area contributed by atoms with Crippen LogP contribution in [-0.4, -0.2) is 0 Å². The minimum Gasteiger partial charge on any atom is -0.148 e. The summed E-state index contributed by atoms with van der Waals surface area (Å²) in [7, 11) is 0. The molecule has 0 aromatic carbocycles. The Morgan fingerprint density at radius 2 is 1.86 bits per heavy atom. The van der Waals surface area contributed by atoms with Crippen molar-refractivity contribution in [1.82, 2.24) is 0 Å². The molecule has 1 heteroatoms. The third-order valence-electron chi connectivity index (χ3n) is 3.89. The smallest absolute Gasteiger partial charge is 0.0112 e. The minimum atomic E-state index is 0.411. The lowest BCUT2D eigenvalue weighted by molar-refractivity contribution is 0.191. The maximum absolute atomic E-state index is 2.40. The van der Waals surface area contributed by atoms with Crippen LogP contribution in [0.4, 0.5) is 0 Å². The van der Waals surface area contributed by atoms with Crippen LogP contribution in [-0.2, 0) is 5.41 Å². The predicted octanol–water partition coefficient (Wildman–Crippen LogP) is 4.61. The largest absolute Gasteiger partial charge is 0.148 e. The summed E-state index contributed by atoms with van der Waals surface area (Å²) in [6, 6.07) is 4.53. The van der Waals surface area contributed by atoms with Crippen molar-refractivity contribution in [2.45, 2.75) is 51.9 Å². The Balaban J connectivity index is 2.42. The molecule has 0 nitrogen and oxygen atoms in total. The quantitative estimate of drug-likeness (QED) is 0.632. The van der Waals surface area contributed by atoms with E-state index in [-0.39, 0.29) is 0 Å². The lowest BCUT2D eigenvalue weighted by Crippen LogP contribution is -2.36. The van der Waals surface area contributed by atoms with E-state index in [1.54, 1.807) is 4.88 Å². The molecule has 1 aromatic rings. The summed E-state index contributed by atoms with van der Waals surface area (Å²) in [4.78, 5) is 1.61. The fraction of sp³-hybridized carbons (Fsp3) is 0.692. The van der Waals surface area contributed by atoms with E-state index in [2.05, 4.69) is 38.3 Å². The first-order chi connectivity index (χ1) is 6.56. The number of hydrogen-bond donors (Lipinski definition) is 0. The molecule has 1 aromatic heterocycles. The van der Waals surface area contributed by atoms with Crippen molar-refractivity contribution in [2.75, 3.05) is 0 Å². The van der Waals surface area contributed by atoms with Gasteiger partial charge in [-0.3, -0.25) is 0 Å². The predicted molar refractivity (Wildman–Crippen MR) is 63.9 cm³/mol. The van der Waals surface area contributed by atoms with Gasteiger partial charge in [0.1, 0.15) is 0 Å². The Hall–Kier alpha value is -0.300. The normalized spacial score (nSPS) is 21.4. The van der Waals surface area contributed by atoms with E-state index in [1.807, 2.05) is 11.3 Å². The van der Waals surface area contributed by atoms with Gasteiger partial charge in [-0.25, -0.2) is 0 Å². The summed E-state index contributed by atoms with van der Waals surface area (Å²) in [6.07, 6.45) is 5.60. The second-order valence-electron chi connectivity index (χ2n) is 5.52. The van der Waals surface area contributed by atoms with Gasteiger partial charge in [0.05, 0.1) is 0 Å². The highest BCUT2D eigenvalue weighted by Crippen LogP contribution is 2.53. The molecule has 0 atom stereocenters. The zero-order valence-corrected chi connectivity index (χ0v) is 10.3. The fourth-order valence-electron chi connectivity index (χ4n) is 2.90. The highest BCUT2D eigenvalue weighted by Gasteiger charge is 2.45. The molecular formula is C13H20S. The summed E-state index contributed by atoms with van der Waals surface area (Å²) in [5.41, 5.74) is 0.884. The maximum Gasteiger partial charge on any atom is 0.0112 e. The van der Waals surface area contributed by atoms with Crippen LogP contribution in [0.3, 0.4) is 0 Å². The van der Waals surface area contributed by atoms with Crippen molar-refractivity contribution < 1.29 is 0 Å². The molecule has 1 fully saturated rings. The molecule has 0 bridgehead atoms. The third-order valence-corrected chi connectivity index (χ3v) is 4.96. The number of rotatable bonds is 1. The topological polar surface area (TPSA) is 0 Å². The van der Waals surface area contributed by atoms with E-state index < -0.39 is 0 Å². The zero-order chi connectivity index (χ0) is 10.2.